The summed E-state index contributed by atoms with van der Waals surface area (Å²) in [6.07, 6.45) is 0. The molecule has 0 bridgehead atoms. The maximum atomic E-state index is 12.0. The van der Waals surface area contributed by atoms with Gasteiger partial charge in [0.15, 0.2) is 5.96 Å². The average molecular weight is 560 g/mol. The lowest BCUT2D eigenvalue weighted by atomic mass is 10.1. The standard InChI is InChI=1S/C25H32N6O.HI/c1-18-23(19(2)31(29-18)17-21-9-7-6-8-10-21)16-28-25(26-3)27-15-20-11-13-22(14-12-20)24(32)30(4)5;/h6-14H,15-17H2,1-5H3,(H2,26,27,28);1H. The highest BCUT2D eigenvalue weighted by molar-refractivity contribution is 14.0. The SMILES string of the molecule is CN=C(NCc1ccc(C(=O)N(C)C)cc1)NCc1c(C)nn(Cc2ccccc2)c1C.I. The van der Waals surface area contributed by atoms with E-state index in [1.165, 1.54) is 11.1 Å². The van der Waals surface area contributed by atoms with Crippen molar-refractivity contribution < 1.29 is 4.79 Å². The summed E-state index contributed by atoms with van der Waals surface area (Å²) in [5.74, 6) is 0.716. The molecule has 0 unspecified atom stereocenters. The number of aromatic nitrogens is 2. The Hall–Kier alpha value is -2.88. The average Bonchev–Trinajstić information content (AvgIpc) is 3.06. The van der Waals surface area contributed by atoms with E-state index in [9.17, 15) is 4.79 Å². The van der Waals surface area contributed by atoms with Gasteiger partial charge in [-0.05, 0) is 37.1 Å². The first kappa shape index (κ1) is 26.4. The Labute approximate surface area is 213 Å². The van der Waals surface area contributed by atoms with Gasteiger partial charge in [-0.25, -0.2) is 0 Å². The Kier molecular flexibility index (Phi) is 9.90. The summed E-state index contributed by atoms with van der Waals surface area (Å²) in [5, 5.41) is 11.4. The number of rotatable bonds is 7. The molecule has 0 aliphatic carbocycles. The van der Waals surface area contributed by atoms with E-state index in [-0.39, 0.29) is 29.9 Å². The van der Waals surface area contributed by atoms with Crippen LogP contribution in [-0.2, 0) is 19.6 Å². The van der Waals surface area contributed by atoms with Crippen LogP contribution >= 0.6 is 24.0 Å². The van der Waals surface area contributed by atoms with Gasteiger partial charge in [0.25, 0.3) is 5.91 Å². The predicted octanol–water partition coefficient (Wildman–Crippen LogP) is 3.73. The molecule has 0 spiro atoms. The third-order valence-corrected chi connectivity index (χ3v) is 5.43. The summed E-state index contributed by atoms with van der Waals surface area (Å²) in [6.45, 7) is 6.15. The van der Waals surface area contributed by atoms with Crippen molar-refractivity contribution in [2.45, 2.75) is 33.5 Å². The van der Waals surface area contributed by atoms with Crippen molar-refractivity contribution in [3.05, 3.63) is 88.2 Å². The van der Waals surface area contributed by atoms with Gasteiger partial charge < -0.3 is 15.5 Å². The first-order chi connectivity index (χ1) is 15.4. The van der Waals surface area contributed by atoms with Crippen LogP contribution in [-0.4, -0.2) is 47.7 Å². The molecule has 2 aromatic carbocycles. The van der Waals surface area contributed by atoms with Crippen LogP contribution in [0.4, 0.5) is 0 Å². The van der Waals surface area contributed by atoms with Crippen LogP contribution in [0.3, 0.4) is 0 Å². The molecule has 0 radical (unpaired) electrons. The first-order valence-corrected chi connectivity index (χ1v) is 10.7. The maximum Gasteiger partial charge on any atom is 0.253 e. The number of halogens is 1. The van der Waals surface area contributed by atoms with Crippen molar-refractivity contribution in [3.63, 3.8) is 0 Å². The number of benzene rings is 2. The van der Waals surface area contributed by atoms with Crippen LogP contribution in [0.25, 0.3) is 0 Å². The molecule has 1 heterocycles. The molecule has 3 rings (SSSR count). The highest BCUT2D eigenvalue weighted by Gasteiger charge is 2.12. The van der Waals surface area contributed by atoms with E-state index < -0.39 is 0 Å². The lowest BCUT2D eigenvalue weighted by Crippen LogP contribution is -2.36. The zero-order chi connectivity index (χ0) is 23.1. The second kappa shape index (κ2) is 12.4. The first-order valence-electron chi connectivity index (χ1n) is 10.7. The molecule has 3 aromatic rings. The van der Waals surface area contributed by atoms with Gasteiger partial charge in [0.2, 0.25) is 0 Å². The van der Waals surface area contributed by atoms with Crippen molar-refractivity contribution >= 4 is 35.8 Å². The van der Waals surface area contributed by atoms with Crippen molar-refractivity contribution in [3.8, 4) is 0 Å². The van der Waals surface area contributed by atoms with Crippen LogP contribution < -0.4 is 10.6 Å². The predicted molar refractivity (Wildman–Crippen MR) is 144 cm³/mol. The van der Waals surface area contributed by atoms with Crippen LogP contribution in [0.5, 0.6) is 0 Å². The molecule has 0 atom stereocenters. The largest absolute Gasteiger partial charge is 0.352 e. The molecule has 0 aliphatic rings. The molecule has 2 N–H and O–H groups in total. The van der Waals surface area contributed by atoms with Crippen LogP contribution in [0.1, 0.15) is 38.4 Å². The second-order valence-electron chi connectivity index (χ2n) is 7.97. The molecule has 0 saturated heterocycles. The van der Waals surface area contributed by atoms with Gasteiger partial charge in [-0.3, -0.25) is 14.5 Å². The van der Waals surface area contributed by atoms with Gasteiger partial charge in [-0.2, -0.15) is 5.10 Å². The van der Waals surface area contributed by atoms with Gasteiger partial charge in [0.05, 0.1) is 12.2 Å². The van der Waals surface area contributed by atoms with E-state index in [0.29, 0.717) is 24.6 Å². The number of aliphatic imine (C=N–C) groups is 1. The van der Waals surface area contributed by atoms with E-state index in [2.05, 4.69) is 39.4 Å². The third-order valence-electron chi connectivity index (χ3n) is 5.43. The second-order valence-corrected chi connectivity index (χ2v) is 7.97. The van der Waals surface area contributed by atoms with E-state index in [0.717, 1.165) is 23.5 Å². The Balaban J connectivity index is 0.00000385. The van der Waals surface area contributed by atoms with E-state index in [1.807, 2.05) is 49.4 Å². The Morgan fingerprint density at radius 1 is 0.970 bits per heavy atom. The number of carbonyl (C=O) groups is 1. The fraction of sp³-hybridized carbons (Fsp3) is 0.320. The van der Waals surface area contributed by atoms with Crippen LogP contribution in [0, 0.1) is 13.8 Å². The van der Waals surface area contributed by atoms with Crippen LogP contribution in [0.15, 0.2) is 59.6 Å². The monoisotopic (exact) mass is 560 g/mol. The van der Waals surface area contributed by atoms with Gasteiger partial charge in [-0.1, -0.05) is 42.5 Å². The molecular formula is C25H33IN6O. The maximum absolute atomic E-state index is 12.0. The zero-order valence-electron chi connectivity index (χ0n) is 19.9. The summed E-state index contributed by atoms with van der Waals surface area (Å²) in [4.78, 5) is 17.9. The fourth-order valence-corrected chi connectivity index (χ4v) is 3.50. The number of hydrogen-bond acceptors (Lipinski definition) is 3. The fourth-order valence-electron chi connectivity index (χ4n) is 3.50. The molecular weight excluding hydrogens is 527 g/mol. The normalized spacial score (nSPS) is 11.0. The van der Waals surface area contributed by atoms with E-state index >= 15 is 0 Å². The quantitative estimate of drug-likeness (QED) is 0.263. The van der Waals surface area contributed by atoms with Crippen molar-refractivity contribution in [1.82, 2.24) is 25.3 Å². The van der Waals surface area contributed by atoms with Gasteiger partial charge >= 0.3 is 0 Å². The number of aryl methyl sites for hydroxylation is 1. The Morgan fingerprint density at radius 2 is 1.61 bits per heavy atom. The number of amides is 1. The smallest absolute Gasteiger partial charge is 0.253 e. The minimum absolute atomic E-state index is 0. The summed E-state index contributed by atoms with van der Waals surface area (Å²) < 4.78 is 2.05. The number of hydrogen-bond donors (Lipinski definition) is 2. The summed E-state index contributed by atoms with van der Waals surface area (Å²) in [5.41, 5.74) is 6.33. The molecule has 7 nitrogen and oxygen atoms in total. The lowest BCUT2D eigenvalue weighted by Gasteiger charge is -2.13. The van der Waals surface area contributed by atoms with E-state index in [1.54, 1.807) is 26.0 Å². The molecule has 33 heavy (non-hydrogen) atoms. The Morgan fingerprint density at radius 3 is 2.21 bits per heavy atom. The molecule has 0 aliphatic heterocycles. The van der Waals surface area contributed by atoms with E-state index in [4.69, 9.17) is 5.10 Å². The summed E-state index contributed by atoms with van der Waals surface area (Å²) >= 11 is 0. The highest BCUT2D eigenvalue weighted by Crippen LogP contribution is 2.15. The van der Waals surface area contributed by atoms with Gasteiger partial charge in [0, 0.05) is 51.1 Å². The summed E-state index contributed by atoms with van der Waals surface area (Å²) in [6, 6.07) is 18.0. The summed E-state index contributed by atoms with van der Waals surface area (Å²) in [7, 11) is 5.26. The molecule has 1 aromatic heterocycles. The molecule has 1 amide bonds. The van der Waals surface area contributed by atoms with Crippen molar-refractivity contribution in [2.24, 2.45) is 4.99 Å². The molecule has 0 saturated carbocycles. The van der Waals surface area contributed by atoms with Gasteiger partial charge in [-0.15, -0.1) is 24.0 Å². The highest BCUT2D eigenvalue weighted by atomic mass is 127. The number of carbonyl (C=O) groups excluding carboxylic acids is 1. The Bertz CT molecular complexity index is 1070. The van der Waals surface area contributed by atoms with Crippen molar-refractivity contribution in [1.29, 1.82) is 0 Å². The van der Waals surface area contributed by atoms with Gasteiger partial charge in [0.1, 0.15) is 0 Å². The minimum Gasteiger partial charge on any atom is -0.352 e. The number of nitrogens with one attached hydrogen (secondary N) is 2. The zero-order valence-corrected chi connectivity index (χ0v) is 22.3. The third kappa shape index (κ3) is 7.05. The van der Waals surface area contributed by atoms with Crippen molar-refractivity contribution in [2.75, 3.05) is 21.1 Å². The molecule has 176 valence electrons. The molecule has 0 fully saturated rings. The number of nitrogens with zero attached hydrogens (tertiary/aromatic N) is 4. The molecule has 8 heteroatoms. The van der Waals surface area contributed by atoms with Crippen LogP contribution in [0.2, 0.25) is 0 Å². The lowest BCUT2D eigenvalue weighted by molar-refractivity contribution is 0.0827. The number of guanidine groups is 1. The topological polar surface area (TPSA) is 74.6 Å². The minimum atomic E-state index is 0.